The molecule has 0 fully saturated rings. The molecule has 1 N–H and O–H groups in total. The molecule has 0 spiro atoms. The Kier molecular flexibility index (Phi) is 4.67. The van der Waals surface area contributed by atoms with Crippen LogP contribution in [-0.2, 0) is 9.84 Å². The zero-order valence-electron chi connectivity index (χ0n) is 14.0. The fraction of sp³-hybridized carbons (Fsp3) is 0.278. The third kappa shape index (κ3) is 3.76. The van der Waals surface area contributed by atoms with E-state index in [4.69, 9.17) is 9.47 Å². The second-order valence-electron chi connectivity index (χ2n) is 5.87. The van der Waals surface area contributed by atoms with Gasteiger partial charge in [-0.05, 0) is 36.8 Å². The van der Waals surface area contributed by atoms with Crippen molar-refractivity contribution >= 4 is 15.7 Å². The van der Waals surface area contributed by atoms with E-state index in [1.807, 2.05) is 19.1 Å². The number of nitrogens with one attached hydrogen (secondary N) is 1. The summed E-state index contributed by atoms with van der Waals surface area (Å²) in [5, 5.41) is 2.83. The zero-order chi connectivity index (χ0) is 18.0. The van der Waals surface area contributed by atoms with Crippen LogP contribution in [0.15, 0.2) is 47.4 Å². The van der Waals surface area contributed by atoms with Crippen molar-refractivity contribution < 1.29 is 22.7 Å². The Morgan fingerprint density at radius 3 is 2.48 bits per heavy atom. The predicted octanol–water partition coefficient (Wildman–Crippen LogP) is 2.35. The number of hydrogen-bond acceptors (Lipinski definition) is 5. The van der Waals surface area contributed by atoms with Gasteiger partial charge < -0.3 is 14.8 Å². The lowest BCUT2D eigenvalue weighted by Crippen LogP contribution is -2.28. The van der Waals surface area contributed by atoms with Crippen LogP contribution in [-0.4, -0.2) is 33.8 Å². The van der Waals surface area contributed by atoms with Gasteiger partial charge in [0.15, 0.2) is 21.3 Å². The van der Waals surface area contributed by atoms with Gasteiger partial charge in [-0.1, -0.05) is 18.2 Å². The van der Waals surface area contributed by atoms with Crippen molar-refractivity contribution in [3.05, 3.63) is 53.6 Å². The summed E-state index contributed by atoms with van der Waals surface area (Å²) in [5.74, 6) is 0.876. The SMILES string of the molecule is C[C@@H](NC(=O)c1ccccc1S(C)(=O)=O)c1ccc2c(c1)OCCO2. The van der Waals surface area contributed by atoms with Crippen LogP contribution in [0.3, 0.4) is 0 Å². The number of carbonyl (C=O) groups is 1. The van der Waals surface area contributed by atoms with Crippen molar-refractivity contribution in [3.8, 4) is 11.5 Å². The fourth-order valence-corrected chi connectivity index (χ4v) is 3.55. The van der Waals surface area contributed by atoms with Crippen LogP contribution in [0, 0.1) is 0 Å². The van der Waals surface area contributed by atoms with E-state index < -0.39 is 15.7 Å². The highest BCUT2D eigenvalue weighted by Gasteiger charge is 2.21. The van der Waals surface area contributed by atoms with Crippen LogP contribution >= 0.6 is 0 Å². The van der Waals surface area contributed by atoms with E-state index in [1.54, 1.807) is 18.2 Å². The van der Waals surface area contributed by atoms with Gasteiger partial charge in [0.05, 0.1) is 16.5 Å². The maximum Gasteiger partial charge on any atom is 0.253 e. The number of hydrogen-bond donors (Lipinski definition) is 1. The summed E-state index contributed by atoms with van der Waals surface area (Å²) in [7, 11) is -3.49. The standard InChI is InChI=1S/C18H19NO5S/c1-12(13-7-8-15-16(11-13)24-10-9-23-15)19-18(20)14-5-3-4-6-17(14)25(2,21)22/h3-8,11-12H,9-10H2,1-2H3,(H,19,20)/t12-/m1/s1. The van der Waals surface area contributed by atoms with Crippen molar-refractivity contribution in [1.82, 2.24) is 5.32 Å². The van der Waals surface area contributed by atoms with Gasteiger partial charge in [-0.25, -0.2) is 8.42 Å². The second-order valence-corrected chi connectivity index (χ2v) is 7.85. The Labute approximate surface area is 146 Å². The first-order chi connectivity index (χ1) is 11.9. The van der Waals surface area contributed by atoms with E-state index in [2.05, 4.69) is 5.32 Å². The van der Waals surface area contributed by atoms with Crippen molar-refractivity contribution in [3.63, 3.8) is 0 Å². The monoisotopic (exact) mass is 361 g/mol. The molecule has 0 aromatic heterocycles. The first-order valence-corrected chi connectivity index (χ1v) is 9.75. The fourth-order valence-electron chi connectivity index (χ4n) is 2.66. The van der Waals surface area contributed by atoms with Gasteiger partial charge in [0.25, 0.3) is 5.91 Å². The molecule has 25 heavy (non-hydrogen) atoms. The molecule has 1 aliphatic heterocycles. The number of sulfone groups is 1. The number of amides is 1. The smallest absolute Gasteiger partial charge is 0.253 e. The quantitative estimate of drug-likeness (QED) is 0.904. The van der Waals surface area contributed by atoms with Crippen molar-refractivity contribution in [2.24, 2.45) is 0 Å². The highest BCUT2D eigenvalue weighted by atomic mass is 32.2. The molecule has 0 radical (unpaired) electrons. The average molecular weight is 361 g/mol. The molecule has 0 unspecified atom stereocenters. The van der Waals surface area contributed by atoms with Crippen molar-refractivity contribution in [2.75, 3.05) is 19.5 Å². The molecule has 6 nitrogen and oxygen atoms in total. The minimum Gasteiger partial charge on any atom is -0.486 e. The zero-order valence-corrected chi connectivity index (χ0v) is 14.8. The molecule has 7 heteroatoms. The molecule has 1 heterocycles. The number of rotatable bonds is 4. The summed E-state index contributed by atoms with van der Waals surface area (Å²) in [6, 6.07) is 11.3. The van der Waals surface area contributed by atoms with Crippen LogP contribution < -0.4 is 14.8 Å². The maximum atomic E-state index is 12.6. The lowest BCUT2D eigenvalue weighted by atomic mass is 10.1. The van der Waals surface area contributed by atoms with E-state index in [0.717, 1.165) is 11.8 Å². The third-order valence-electron chi connectivity index (χ3n) is 3.94. The number of benzene rings is 2. The molecule has 1 amide bonds. The number of ether oxygens (including phenoxy) is 2. The molecular weight excluding hydrogens is 342 g/mol. The third-order valence-corrected chi connectivity index (χ3v) is 5.10. The number of carbonyl (C=O) groups excluding carboxylic acids is 1. The Bertz CT molecular complexity index is 907. The van der Waals surface area contributed by atoms with E-state index in [1.165, 1.54) is 12.1 Å². The lowest BCUT2D eigenvalue weighted by molar-refractivity contribution is 0.0936. The molecule has 1 aliphatic rings. The summed E-state index contributed by atoms with van der Waals surface area (Å²) < 4.78 is 34.8. The molecule has 0 aliphatic carbocycles. The minimum atomic E-state index is -3.49. The Balaban J connectivity index is 1.82. The van der Waals surface area contributed by atoms with Crippen LogP contribution in [0.4, 0.5) is 0 Å². The lowest BCUT2D eigenvalue weighted by Gasteiger charge is -2.21. The van der Waals surface area contributed by atoms with Crippen LogP contribution in [0.2, 0.25) is 0 Å². The van der Waals surface area contributed by atoms with Crippen LogP contribution in [0.1, 0.15) is 28.9 Å². The molecular formula is C18H19NO5S. The van der Waals surface area contributed by atoms with E-state index in [-0.39, 0.29) is 16.5 Å². The maximum absolute atomic E-state index is 12.6. The van der Waals surface area contributed by atoms with Crippen LogP contribution in [0.25, 0.3) is 0 Å². The van der Waals surface area contributed by atoms with Gasteiger partial charge in [0.1, 0.15) is 13.2 Å². The van der Waals surface area contributed by atoms with Gasteiger partial charge in [-0.2, -0.15) is 0 Å². The van der Waals surface area contributed by atoms with Gasteiger partial charge >= 0.3 is 0 Å². The molecule has 3 rings (SSSR count). The van der Waals surface area contributed by atoms with Gasteiger partial charge in [-0.3, -0.25) is 4.79 Å². The Hall–Kier alpha value is -2.54. The molecule has 132 valence electrons. The highest BCUT2D eigenvalue weighted by Crippen LogP contribution is 2.32. The molecule has 0 bridgehead atoms. The number of fused-ring (bicyclic) bond motifs is 1. The van der Waals surface area contributed by atoms with E-state index in [0.29, 0.717) is 24.7 Å². The van der Waals surface area contributed by atoms with Gasteiger partial charge in [-0.15, -0.1) is 0 Å². The molecule has 0 saturated carbocycles. The summed E-state index contributed by atoms with van der Waals surface area (Å²) in [5.41, 5.74) is 0.976. The van der Waals surface area contributed by atoms with Crippen molar-refractivity contribution in [2.45, 2.75) is 17.9 Å². The first-order valence-electron chi connectivity index (χ1n) is 7.86. The largest absolute Gasteiger partial charge is 0.486 e. The second kappa shape index (κ2) is 6.76. The Morgan fingerprint density at radius 2 is 1.76 bits per heavy atom. The summed E-state index contributed by atoms with van der Waals surface area (Å²) >= 11 is 0. The normalized spacial score (nSPS) is 14.6. The predicted molar refractivity (Wildman–Crippen MR) is 92.9 cm³/mol. The molecule has 1 atom stereocenters. The summed E-state index contributed by atoms with van der Waals surface area (Å²) in [6.45, 7) is 2.83. The average Bonchev–Trinajstić information content (AvgIpc) is 2.60. The topological polar surface area (TPSA) is 81.7 Å². The van der Waals surface area contributed by atoms with Crippen molar-refractivity contribution in [1.29, 1.82) is 0 Å². The minimum absolute atomic E-state index is 0.0156. The van der Waals surface area contributed by atoms with E-state index >= 15 is 0 Å². The molecule has 0 saturated heterocycles. The molecule has 2 aromatic carbocycles. The highest BCUT2D eigenvalue weighted by molar-refractivity contribution is 7.90. The summed E-state index contributed by atoms with van der Waals surface area (Å²) in [6.07, 6.45) is 1.09. The van der Waals surface area contributed by atoms with Gasteiger partial charge in [0, 0.05) is 6.26 Å². The van der Waals surface area contributed by atoms with Crippen LogP contribution in [0.5, 0.6) is 11.5 Å². The van der Waals surface area contributed by atoms with E-state index in [9.17, 15) is 13.2 Å². The molecule has 2 aromatic rings. The first kappa shape index (κ1) is 17.3. The summed E-state index contributed by atoms with van der Waals surface area (Å²) in [4.78, 5) is 12.6. The van der Waals surface area contributed by atoms with Gasteiger partial charge in [0.2, 0.25) is 0 Å². The Morgan fingerprint density at radius 1 is 1.08 bits per heavy atom.